The minimum atomic E-state index is -0.494. The van der Waals surface area contributed by atoms with Gasteiger partial charge in [0.2, 0.25) is 5.91 Å². The highest BCUT2D eigenvalue weighted by molar-refractivity contribution is 5.80. The lowest BCUT2D eigenvalue weighted by atomic mass is 10.0. The summed E-state index contributed by atoms with van der Waals surface area (Å²) in [5.41, 5.74) is 1.00. The second kappa shape index (κ2) is 10.3. The van der Waals surface area contributed by atoms with Gasteiger partial charge in [-0.3, -0.25) is 4.79 Å². The standard InChI is InChI=1S/C21H32N6O2/c1-16-8-4-5-12-26(16)13-7-11-22-21(28)20(27-17(2)23-24-25-27)15-18-9-6-10-19(14-18)29-3/h6,9-10,14,16,20H,4-5,7-8,11-13,15H2,1-3H3,(H,22,28)/t16-,20+/m0/s1. The SMILES string of the molecule is COc1cccc(C[C@H](C(=O)NCCCN2CCCC[C@@H]2C)n2nnnc2C)c1. The molecule has 2 atom stereocenters. The summed E-state index contributed by atoms with van der Waals surface area (Å²) in [7, 11) is 1.64. The Bertz CT molecular complexity index is 793. The zero-order valence-electron chi connectivity index (χ0n) is 17.7. The van der Waals surface area contributed by atoms with E-state index in [1.54, 1.807) is 11.8 Å². The summed E-state index contributed by atoms with van der Waals surface area (Å²) in [5, 5.41) is 14.8. The van der Waals surface area contributed by atoms with Gasteiger partial charge in [0.15, 0.2) is 0 Å². The summed E-state index contributed by atoms with van der Waals surface area (Å²) in [5.74, 6) is 1.33. The monoisotopic (exact) mass is 400 g/mol. The molecule has 0 unspecified atom stereocenters. The van der Waals surface area contributed by atoms with Crippen molar-refractivity contribution in [3.63, 3.8) is 0 Å². The van der Waals surface area contributed by atoms with Crippen LogP contribution in [0.4, 0.5) is 0 Å². The fourth-order valence-electron chi connectivity index (χ4n) is 3.94. The minimum Gasteiger partial charge on any atom is -0.497 e. The highest BCUT2D eigenvalue weighted by Gasteiger charge is 2.24. The van der Waals surface area contributed by atoms with E-state index in [2.05, 4.69) is 32.7 Å². The second-order valence-corrected chi connectivity index (χ2v) is 7.77. The average molecular weight is 401 g/mol. The molecule has 1 N–H and O–H groups in total. The maximum absolute atomic E-state index is 13.0. The summed E-state index contributed by atoms with van der Waals surface area (Å²) in [6, 6.07) is 7.89. The second-order valence-electron chi connectivity index (χ2n) is 7.77. The van der Waals surface area contributed by atoms with E-state index in [0.717, 1.165) is 30.8 Å². The molecule has 0 radical (unpaired) electrons. The van der Waals surface area contributed by atoms with Crippen molar-refractivity contribution in [3.05, 3.63) is 35.7 Å². The fourth-order valence-corrected chi connectivity index (χ4v) is 3.94. The molecule has 1 aliphatic heterocycles. The van der Waals surface area contributed by atoms with Crippen molar-refractivity contribution in [2.75, 3.05) is 26.7 Å². The van der Waals surface area contributed by atoms with Crippen molar-refractivity contribution in [3.8, 4) is 5.75 Å². The van der Waals surface area contributed by atoms with Gasteiger partial charge >= 0.3 is 0 Å². The Morgan fingerprint density at radius 2 is 2.24 bits per heavy atom. The van der Waals surface area contributed by atoms with Crippen LogP contribution in [0.3, 0.4) is 0 Å². The van der Waals surface area contributed by atoms with E-state index in [0.29, 0.717) is 24.8 Å². The van der Waals surface area contributed by atoms with Crippen LogP contribution in [0.1, 0.15) is 50.0 Å². The molecule has 1 aromatic carbocycles. The molecule has 29 heavy (non-hydrogen) atoms. The molecule has 158 valence electrons. The van der Waals surface area contributed by atoms with Crippen LogP contribution in [-0.4, -0.2) is 63.8 Å². The van der Waals surface area contributed by atoms with E-state index in [-0.39, 0.29) is 5.91 Å². The van der Waals surface area contributed by atoms with E-state index in [1.807, 2.05) is 31.2 Å². The average Bonchev–Trinajstić information content (AvgIpc) is 3.16. The Labute approximate surface area is 172 Å². The molecule has 0 saturated carbocycles. The largest absolute Gasteiger partial charge is 0.497 e. The maximum atomic E-state index is 13.0. The molecule has 0 spiro atoms. The maximum Gasteiger partial charge on any atom is 0.245 e. The van der Waals surface area contributed by atoms with Gasteiger partial charge < -0.3 is 15.0 Å². The predicted molar refractivity (Wildman–Crippen MR) is 111 cm³/mol. The number of amides is 1. The van der Waals surface area contributed by atoms with Crippen LogP contribution in [0, 0.1) is 6.92 Å². The molecule has 2 heterocycles. The van der Waals surface area contributed by atoms with Gasteiger partial charge in [0.25, 0.3) is 0 Å². The van der Waals surface area contributed by atoms with E-state index in [1.165, 1.54) is 19.3 Å². The van der Waals surface area contributed by atoms with Crippen LogP contribution in [-0.2, 0) is 11.2 Å². The lowest BCUT2D eigenvalue weighted by Crippen LogP contribution is -2.40. The van der Waals surface area contributed by atoms with Crippen molar-refractivity contribution >= 4 is 5.91 Å². The number of carbonyl (C=O) groups is 1. The third-order valence-electron chi connectivity index (χ3n) is 5.68. The van der Waals surface area contributed by atoms with Crippen molar-refractivity contribution < 1.29 is 9.53 Å². The molecule has 8 nitrogen and oxygen atoms in total. The van der Waals surface area contributed by atoms with Gasteiger partial charge in [-0.25, -0.2) is 4.68 Å². The van der Waals surface area contributed by atoms with E-state index in [9.17, 15) is 4.79 Å². The molecule has 1 amide bonds. The Morgan fingerprint density at radius 1 is 1.38 bits per heavy atom. The number of hydrogen-bond acceptors (Lipinski definition) is 6. The predicted octanol–water partition coefficient (Wildman–Crippen LogP) is 2.15. The number of aromatic nitrogens is 4. The smallest absolute Gasteiger partial charge is 0.245 e. The van der Waals surface area contributed by atoms with Gasteiger partial charge in [0.05, 0.1) is 7.11 Å². The van der Waals surface area contributed by atoms with Crippen molar-refractivity contribution in [2.24, 2.45) is 0 Å². The highest BCUT2D eigenvalue weighted by Crippen LogP contribution is 2.20. The molecule has 3 rings (SSSR count). The minimum absolute atomic E-state index is 0.0603. The molecule has 2 aromatic rings. The number of likely N-dealkylation sites (tertiary alicyclic amines) is 1. The normalized spacial score (nSPS) is 18.4. The Kier molecular flexibility index (Phi) is 7.57. The number of tetrazole rings is 1. The van der Waals surface area contributed by atoms with Crippen LogP contribution in [0.5, 0.6) is 5.75 Å². The number of carbonyl (C=O) groups excluding carboxylic acids is 1. The van der Waals surface area contributed by atoms with Crippen molar-refractivity contribution in [2.45, 2.75) is 58.0 Å². The van der Waals surface area contributed by atoms with Gasteiger partial charge in [-0.15, -0.1) is 5.10 Å². The van der Waals surface area contributed by atoms with E-state index in [4.69, 9.17) is 4.74 Å². The zero-order chi connectivity index (χ0) is 20.6. The van der Waals surface area contributed by atoms with E-state index >= 15 is 0 Å². The quantitative estimate of drug-likeness (QED) is 0.649. The lowest BCUT2D eigenvalue weighted by Gasteiger charge is -2.33. The third-order valence-corrected chi connectivity index (χ3v) is 5.68. The van der Waals surface area contributed by atoms with E-state index < -0.39 is 6.04 Å². The van der Waals surface area contributed by atoms with Crippen LogP contribution >= 0.6 is 0 Å². The Balaban J connectivity index is 1.59. The number of benzene rings is 1. The number of piperidine rings is 1. The first-order chi connectivity index (χ1) is 14.1. The lowest BCUT2D eigenvalue weighted by molar-refractivity contribution is -0.124. The first-order valence-electron chi connectivity index (χ1n) is 10.5. The number of nitrogens with one attached hydrogen (secondary N) is 1. The summed E-state index contributed by atoms with van der Waals surface area (Å²) < 4.78 is 6.90. The molecule has 1 aromatic heterocycles. The van der Waals surface area contributed by atoms with Gasteiger partial charge in [-0.05, 0) is 67.8 Å². The van der Waals surface area contributed by atoms with Gasteiger partial charge in [0, 0.05) is 25.6 Å². The third kappa shape index (κ3) is 5.76. The molecule has 0 bridgehead atoms. The molecular formula is C21H32N6O2. The summed E-state index contributed by atoms with van der Waals surface area (Å²) >= 11 is 0. The zero-order valence-corrected chi connectivity index (χ0v) is 17.7. The molecule has 1 fully saturated rings. The Hall–Kier alpha value is -2.48. The molecule has 1 saturated heterocycles. The van der Waals surface area contributed by atoms with Gasteiger partial charge in [0.1, 0.15) is 17.6 Å². The molecule has 8 heteroatoms. The van der Waals surface area contributed by atoms with Crippen LogP contribution < -0.4 is 10.1 Å². The first kappa shape index (κ1) is 21.2. The van der Waals surface area contributed by atoms with Crippen LogP contribution in [0.15, 0.2) is 24.3 Å². The summed E-state index contributed by atoms with van der Waals surface area (Å²) in [6.07, 6.45) is 5.31. The summed E-state index contributed by atoms with van der Waals surface area (Å²) in [4.78, 5) is 15.5. The fraction of sp³-hybridized carbons (Fsp3) is 0.619. The molecule has 1 aliphatic rings. The topological polar surface area (TPSA) is 85.2 Å². The molecule has 0 aliphatic carbocycles. The highest BCUT2D eigenvalue weighted by atomic mass is 16.5. The number of methoxy groups -OCH3 is 1. The summed E-state index contributed by atoms with van der Waals surface area (Å²) in [6.45, 7) is 6.94. The van der Waals surface area contributed by atoms with Crippen LogP contribution in [0.2, 0.25) is 0 Å². The van der Waals surface area contributed by atoms with Gasteiger partial charge in [-0.2, -0.15) is 0 Å². The number of aryl methyl sites for hydroxylation is 1. The van der Waals surface area contributed by atoms with Crippen molar-refractivity contribution in [1.82, 2.24) is 30.4 Å². The Morgan fingerprint density at radius 3 is 2.97 bits per heavy atom. The molecular weight excluding hydrogens is 368 g/mol. The first-order valence-corrected chi connectivity index (χ1v) is 10.5. The number of nitrogens with zero attached hydrogens (tertiary/aromatic N) is 5. The number of rotatable bonds is 9. The van der Waals surface area contributed by atoms with Gasteiger partial charge in [-0.1, -0.05) is 18.6 Å². The van der Waals surface area contributed by atoms with Crippen LogP contribution in [0.25, 0.3) is 0 Å². The number of ether oxygens (including phenoxy) is 1. The number of hydrogen-bond donors (Lipinski definition) is 1. The van der Waals surface area contributed by atoms with Crippen molar-refractivity contribution in [1.29, 1.82) is 0 Å².